The van der Waals surface area contributed by atoms with E-state index in [1.807, 2.05) is 24.5 Å². The lowest BCUT2D eigenvalue weighted by molar-refractivity contribution is 0.777. The quantitative estimate of drug-likeness (QED) is 0.453. The van der Waals surface area contributed by atoms with Crippen molar-refractivity contribution in [2.24, 2.45) is 7.05 Å². The van der Waals surface area contributed by atoms with Crippen LogP contribution in [0.2, 0.25) is 0 Å². The van der Waals surface area contributed by atoms with Crippen molar-refractivity contribution in [1.29, 1.82) is 0 Å². The lowest BCUT2D eigenvalue weighted by atomic mass is 10.1. The molecule has 0 atom stereocenters. The molecule has 5 aromatic rings. The molecular weight excluding hydrogens is 370 g/mol. The molecule has 4 aromatic heterocycles. The Balaban J connectivity index is 0.00000192. The monoisotopic (exact) mass is 389 g/mol. The summed E-state index contributed by atoms with van der Waals surface area (Å²) >= 11 is 0. The van der Waals surface area contributed by atoms with Gasteiger partial charge in [-0.1, -0.05) is 0 Å². The molecule has 0 saturated heterocycles. The van der Waals surface area contributed by atoms with Crippen molar-refractivity contribution in [2.45, 2.75) is 19.8 Å². The fraction of sp³-hybridized carbons (Fsp3) is 0.182. The second-order valence-electron chi connectivity index (χ2n) is 6.89. The molecule has 5 nitrogen and oxygen atoms in total. The van der Waals surface area contributed by atoms with Crippen molar-refractivity contribution >= 4 is 45.4 Å². The maximum absolute atomic E-state index is 4.92. The van der Waals surface area contributed by atoms with E-state index in [1.165, 1.54) is 0 Å². The van der Waals surface area contributed by atoms with E-state index in [0.29, 0.717) is 0 Å². The number of halogens is 1. The van der Waals surface area contributed by atoms with Crippen LogP contribution in [-0.2, 0) is 19.9 Å². The van der Waals surface area contributed by atoms with Gasteiger partial charge in [0.2, 0.25) is 0 Å². The highest BCUT2D eigenvalue weighted by Gasteiger charge is 2.12. The second-order valence-corrected chi connectivity index (χ2v) is 6.89. The highest BCUT2D eigenvalue weighted by Crippen LogP contribution is 2.24. The van der Waals surface area contributed by atoms with Gasteiger partial charge >= 0.3 is 0 Å². The molecule has 6 heteroatoms. The van der Waals surface area contributed by atoms with Gasteiger partial charge in [0.1, 0.15) is 5.82 Å². The number of hydrogen-bond donors (Lipinski definition) is 0. The first kappa shape index (κ1) is 18.3. The zero-order chi connectivity index (χ0) is 18.4. The minimum Gasteiger partial charge on any atom is -0.331 e. The second kappa shape index (κ2) is 7.17. The predicted octanol–water partition coefficient (Wildman–Crippen LogP) is 4.58. The van der Waals surface area contributed by atoms with Gasteiger partial charge in [-0.3, -0.25) is 15.0 Å². The Kier molecular flexibility index (Phi) is 4.69. The number of aryl methyl sites for hydroxylation is 4. The van der Waals surface area contributed by atoms with E-state index in [0.717, 1.165) is 62.9 Å². The van der Waals surface area contributed by atoms with Crippen LogP contribution in [-0.4, -0.2) is 24.5 Å². The molecule has 5 rings (SSSR count). The zero-order valence-corrected chi connectivity index (χ0v) is 16.6. The van der Waals surface area contributed by atoms with E-state index in [9.17, 15) is 0 Å². The average Bonchev–Trinajstić information content (AvgIpc) is 3.03. The van der Waals surface area contributed by atoms with Crippen LogP contribution in [0.15, 0.2) is 54.9 Å². The molecule has 1 aromatic carbocycles. The average molecular weight is 390 g/mol. The molecule has 140 valence electrons. The van der Waals surface area contributed by atoms with Gasteiger partial charge in [0.15, 0.2) is 0 Å². The molecule has 0 saturated carbocycles. The highest BCUT2D eigenvalue weighted by molar-refractivity contribution is 6.02. The van der Waals surface area contributed by atoms with Gasteiger partial charge in [0.05, 0.1) is 27.6 Å². The molecular formula is C22H20ClN5. The number of nitrogens with zero attached hydrogens (tertiary/aromatic N) is 5. The molecule has 0 radical (unpaired) electrons. The first-order chi connectivity index (χ1) is 13.2. The molecule has 0 fully saturated rings. The number of benzene rings is 1. The molecule has 0 bridgehead atoms. The van der Waals surface area contributed by atoms with Gasteiger partial charge < -0.3 is 4.57 Å². The van der Waals surface area contributed by atoms with E-state index in [-0.39, 0.29) is 12.4 Å². The Morgan fingerprint density at radius 2 is 1.64 bits per heavy atom. The molecule has 0 aliphatic rings. The van der Waals surface area contributed by atoms with Gasteiger partial charge in [-0.2, -0.15) is 0 Å². The molecule has 0 spiro atoms. The number of pyridine rings is 3. The van der Waals surface area contributed by atoms with Crippen molar-refractivity contribution in [3.8, 4) is 0 Å². The molecule has 0 amide bonds. The number of imidazole rings is 1. The van der Waals surface area contributed by atoms with E-state index < -0.39 is 0 Å². The van der Waals surface area contributed by atoms with Crippen LogP contribution < -0.4 is 0 Å². The maximum atomic E-state index is 4.92. The molecule has 0 unspecified atom stereocenters. The van der Waals surface area contributed by atoms with Crippen molar-refractivity contribution in [2.75, 3.05) is 0 Å². The summed E-state index contributed by atoms with van der Waals surface area (Å²) < 4.78 is 2.18. The fourth-order valence-corrected chi connectivity index (χ4v) is 3.65. The predicted molar refractivity (Wildman–Crippen MR) is 115 cm³/mol. The molecule has 4 heterocycles. The lowest BCUT2D eigenvalue weighted by Gasteiger charge is -2.05. The zero-order valence-electron chi connectivity index (χ0n) is 15.8. The third kappa shape index (κ3) is 2.98. The van der Waals surface area contributed by atoms with Crippen LogP contribution in [0.5, 0.6) is 0 Å². The van der Waals surface area contributed by atoms with Crippen molar-refractivity contribution in [1.82, 2.24) is 24.5 Å². The number of rotatable bonds is 3. The van der Waals surface area contributed by atoms with Crippen molar-refractivity contribution in [3.63, 3.8) is 0 Å². The van der Waals surface area contributed by atoms with Crippen LogP contribution in [0.4, 0.5) is 0 Å². The van der Waals surface area contributed by atoms with Gasteiger partial charge in [0.25, 0.3) is 0 Å². The number of hydrogen-bond acceptors (Lipinski definition) is 4. The van der Waals surface area contributed by atoms with Gasteiger partial charge in [0, 0.05) is 36.9 Å². The van der Waals surface area contributed by atoms with Crippen molar-refractivity contribution in [3.05, 3.63) is 71.9 Å². The van der Waals surface area contributed by atoms with Gasteiger partial charge in [-0.15, -0.1) is 12.4 Å². The Labute approximate surface area is 168 Å². The molecule has 0 N–H and O–H groups in total. The number of aromatic nitrogens is 5. The summed E-state index contributed by atoms with van der Waals surface area (Å²) in [6, 6.07) is 14.3. The lowest BCUT2D eigenvalue weighted by Crippen LogP contribution is -2.02. The van der Waals surface area contributed by atoms with Gasteiger partial charge in [-0.25, -0.2) is 4.98 Å². The third-order valence-electron chi connectivity index (χ3n) is 5.17. The van der Waals surface area contributed by atoms with Crippen LogP contribution >= 0.6 is 12.4 Å². The minimum atomic E-state index is 0. The van der Waals surface area contributed by atoms with Crippen LogP contribution in [0.3, 0.4) is 0 Å². The molecule has 28 heavy (non-hydrogen) atoms. The van der Waals surface area contributed by atoms with Crippen molar-refractivity contribution < 1.29 is 0 Å². The standard InChI is InChI=1S/C22H19N5.ClH/c1-14-11-13-24-18-7-5-15(25-21(14)18)6-10-20-26-22-16-4-3-12-23-17(16)8-9-19(22)27(20)2;/h3-5,7-9,11-13H,6,10H2,1-2H3;1H. The van der Waals surface area contributed by atoms with E-state index in [4.69, 9.17) is 9.97 Å². The molecule has 0 aliphatic carbocycles. The summed E-state index contributed by atoms with van der Waals surface area (Å²) in [6.45, 7) is 2.07. The molecule has 0 aliphatic heterocycles. The maximum Gasteiger partial charge on any atom is 0.110 e. The summed E-state index contributed by atoms with van der Waals surface area (Å²) in [7, 11) is 2.08. The van der Waals surface area contributed by atoms with Gasteiger partial charge in [-0.05, 0) is 61.4 Å². The largest absolute Gasteiger partial charge is 0.331 e. The van der Waals surface area contributed by atoms with Crippen LogP contribution in [0.25, 0.3) is 33.0 Å². The topological polar surface area (TPSA) is 56.5 Å². The Morgan fingerprint density at radius 1 is 0.821 bits per heavy atom. The summed E-state index contributed by atoms with van der Waals surface area (Å²) in [5, 5.41) is 1.10. The first-order valence-corrected chi connectivity index (χ1v) is 9.11. The first-order valence-electron chi connectivity index (χ1n) is 9.11. The highest BCUT2D eigenvalue weighted by atomic mass is 35.5. The summed E-state index contributed by atoms with van der Waals surface area (Å²) in [5.41, 5.74) is 7.29. The Morgan fingerprint density at radius 3 is 2.54 bits per heavy atom. The number of fused-ring (bicyclic) bond motifs is 4. The van der Waals surface area contributed by atoms with Crippen LogP contribution in [0.1, 0.15) is 17.1 Å². The Bertz CT molecular complexity index is 1310. The normalized spacial score (nSPS) is 11.2. The van der Waals surface area contributed by atoms with E-state index in [1.54, 1.807) is 0 Å². The minimum absolute atomic E-state index is 0. The Hall–Kier alpha value is -3.05. The summed E-state index contributed by atoms with van der Waals surface area (Å²) in [6.07, 6.45) is 5.33. The smallest absolute Gasteiger partial charge is 0.110 e. The summed E-state index contributed by atoms with van der Waals surface area (Å²) in [5.74, 6) is 1.06. The summed E-state index contributed by atoms with van der Waals surface area (Å²) in [4.78, 5) is 18.6. The van der Waals surface area contributed by atoms with Crippen LogP contribution in [0, 0.1) is 6.92 Å². The third-order valence-corrected chi connectivity index (χ3v) is 5.17. The van der Waals surface area contributed by atoms with E-state index >= 15 is 0 Å². The van der Waals surface area contributed by atoms with E-state index in [2.05, 4.69) is 58.8 Å². The fourth-order valence-electron chi connectivity index (χ4n) is 3.65. The SMILES string of the molecule is Cc1ccnc2ccc(CCc3nc4c5cccnc5ccc4n3C)nc12.Cl.